The minimum atomic E-state index is -0.514. The summed E-state index contributed by atoms with van der Waals surface area (Å²) in [7, 11) is 0. The fourth-order valence-corrected chi connectivity index (χ4v) is 2.25. The molecule has 102 valence electrons. The van der Waals surface area contributed by atoms with Gasteiger partial charge in [-0.05, 0) is 43.4 Å². The van der Waals surface area contributed by atoms with Gasteiger partial charge in [0.15, 0.2) is 0 Å². The molecule has 0 saturated heterocycles. The molecule has 0 spiro atoms. The molecule has 1 N–H and O–H groups in total. The standard InChI is InChI=1S/C15H23F2N/c1-4-8-18-15(5-2)11(3)9-12-6-7-13(16)10-14(12)17/h6-7,10-11,15,18H,4-5,8-9H2,1-3H3. The summed E-state index contributed by atoms with van der Waals surface area (Å²) in [6.07, 6.45) is 2.75. The van der Waals surface area contributed by atoms with Gasteiger partial charge in [0.1, 0.15) is 11.6 Å². The lowest BCUT2D eigenvalue weighted by atomic mass is 9.92. The summed E-state index contributed by atoms with van der Waals surface area (Å²) < 4.78 is 26.4. The van der Waals surface area contributed by atoms with Gasteiger partial charge in [0.25, 0.3) is 0 Å². The Morgan fingerprint density at radius 3 is 2.50 bits per heavy atom. The molecular formula is C15H23F2N. The quantitative estimate of drug-likeness (QED) is 0.778. The maximum Gasteiger partial charge on any atom is 0.129 e. The highest BCUT2D eigenvalue weighted by Crippen LogP contribution is 2.18. The Bertz CT molecular complexity index is 366. The first-order valence-corrected chi connectivity index (χ1v) is 6.75. The zero-order valence-electron chi connectivity index (χ0n) is 11.5. The van der Waals surface area contributed by atoms with E-state index in [0.29, 0.717) is 23.9 Å². The maximum atomic E-state index is 13.6. The molecule has 0 radical (unpaired) electrons. The van der Waals surface area contributed by atoms with Crippen LogP contribution in [0, 0.1) is 17.6 Å². The molecule has 1 nitrogen and oxygen atoms in total. The second-order valence-corrected chi connectivity index (χ2v) is 4.89. The Morgan fingerprint density at radius 2 is 1.94 bits per heavy atom. The highest BCUT2D eigenvalue weighted by atomic mass is 19.1. The predicted molar refractivity (Wildman–Crippen MR) is 71.6 cm³/mol. The van der Waals surface area contributed by atoms with Crippen molar-refractivity contribution in [1.29, 1.82) is 0 Å². The Labute approximate surface area is 109 Å². The Kier molecular flexibility index (Phi) is 6.27. The first-order chi connectivity index (χ1) is 8.58. The van der Waals surface area contributed by atoms with E-state index in [2.05, 4.69) is 26.1 Å². The largest absolute Gasteiger partial charge is 0.314 e. The Balaban J connectivity index is 2.64. The lowest BCUT2D eigenvalue weighted by Crippen LogP contribution is -2.36. The molecule has 3 heteroatoms. The minimum Gasteiger partial charge on any atom is -0.314 e. The number of nitrogens with one attached hydrogen (secondary N) is 1. The third-order valence-corrected chi connectivity index (χ3v) is 3.34. The fraction of sp³-hybridized carbons (Fsp3) is 0.600. The summed E-state index contributed by atoms with van der Waals surface area (Å²) in [5.74, 6) is -0.617. The molecule has 1 aromatic carbocycles. The first kappa shape index (κ1) is 15.1. The summed E-state index contributed by atoms with van der Waals surface area (Å²) >= 11 is 0. The molecule has 0 aliphatic heterocycles. The van der Waals surface area contributed by atoms with Crippen LogP contribution >= 0.6 is 0 Å². The zero-order valence-corrected chi connectivity index (χ0v) is 11.5. The van der Waals surface area contributed by atoms with Crippen LogP contribution in [0.4, 0.5) is 8.78 Å². The van der Waals surface area contributed by atoms with Crippen LogP contribution in [0.5, 0.6) is 0 Å². The van der Waals surface area contributed by atoms with Crippen LogP contribution in [-0.4, -0.2) is 12.6 Å². The summed E-state index contributed by atoms with van der Waals surface area (Å²) in [6, 6.07) is 4.22. The van der Waals surface area contributed by atoms with Gasteiger partial charge in [-0.25, -0.2) is 8.78 Å². The van der Waals surface area contributed by atoms with Crippen LogP contribution < -0.4 is 5.32 Å². The van der Waals surface area contributed by atoms with Crippen LogP contribution in [0.3, 0.4) is 0 Å². The first-order valence-electron chi connectivity index (χ1n) is 6.75. The van der Waals surface area contributed by atoms with E-state index in [1.165, 1.54) is 6.07 Å². The Hall–Kier alpha value is -0.960. The molecule has 0 aromatic heterocycles. The van der Waals surface area contributed by atoms with Gasteiger partial charge in [0.2, 0.25) is 0 Å². The molecule has 0 aliphatic carbocycles. The summed E-state index contributed by atoms with van der Waals surface area (Å²) in [4.78, 5) is 0. The van der Waals surface area contributed by atoms with Crippen molar-refractivity contribution >= 4 is 0 Å². The zero-order chi connectivity index (χ0) is 13.5. The smallest absolute Gasteiger partial charge is 0.129 e. The molecular weight excluding hydrogens is 232 g/mol. The van der Waals surface area contributed by atoms with Crippen molar-refractivity contribution in [3.63, 3.8) is 0 Å². The normalized spacial score (nSPS) is 14.5. The van der Waals surface area contributed by atoms with Crippen LogP contribution in [0.1, 0.15) is 39.2 Å². The topological polar surface area (TPSA) is 12.0 Å². The average molecular weight is 255 g/mol. The Morgan fingerprint density at radius 1 is 1.22 bits per heavy atom. The molecule has 2 unspecified atom stereocenters. The molecule has 18 heavy (non-hydrogen) atoms. The lowest BCUT2D eigenvalue weighted by molar-refractivity contribution is 0.361. The van der Waals surface area contributed by atoms with Crippen molar-refractivity contribution in [3.05, 3.63) is 35.4 Å². The van der Waals surface area contributed by atoms with E-state index in [1.807, 2.05) is 0 Å². The predicted octanol–water partition coefficient (Wildman–Crippen LogP) is 3.92. The molecule has 1 aromatic rings. The van der Waals surface area contributed by atoms with Crippen molar-refractivity contribution in [2.24, 2.45) is 5.92 Å². The number of hydrogen-bond donors (Lipinski definition) is 1. The van der Waals surface area contributed by atoms with Gasteiger partial charge < -0.3 is 5.32 Å². The van der Waals surface area contributed by atoms with E-state index in [0.717, 1.165) is 25.5 Å². The second kappa shape index (κ2) is 7.47. The van der Waals surface area contributed by atoms with Gasteiger partial charge in [-0.15, -0.1) is 0 Å². The molecule has 0 amide bonds. The van der Waals surface area contributed by atoms with Gasteiger partial charge in [0.05, 0.1) is 0 Å². The van der Waals surface area contributed by atoms with Crippen molar-refractivity contribution in [3.8, 4) is 0 Å². The van der Waals surface area contributed by atoms with E-state index in [4.69, 9.17) is 0 Å². The summed E-state index contributed by atoms with van der Waals surface area (Å²) in [5.41, 5.74) is 0.598. The summed E-state index contributed by atoms with van der Waals surface area (Å²) in [6.45, 7) is 7.35. The molecule has 1 rings (SSSR count). The highest BCUT2D eigenvalue weighted by Gasteiger charge is 2.16. The highest BCUT2D eigenvalue weighted by molar-refractivity contribution is 5.19. The van der Waals surface area contributed by atoms with Crippen molar-refractivity contribution in [2.75, 3.05) is 6.54 Å². The summed E-state index contributed by atoms with van der Waals surface area (Å²) in [5, 5.41) is 3.47. The molecule has 0 saturated carbocycles. The monoisotopic (exact) mass is 255 g/mol. The van der Waals surface area contributed by atoms with Crippen LogP contribution in [0.15, 0.2) is 18.2 Å². The third-order valence-electron chi connectivity index (χ3n) is 3.34. The molecule has 0 fully saturated rings. The van der Waals surface area contributed by atoms with Crippen molar-refractivity contribution in [1.82, 2.24) is 5.32 Å². The van der Waals surface area contributed by atoms with Crippen LogP contribution in [-0.2, 0) is 6.42 Å². The van der Waals surface area contributed by atoms with Crippen LogP contribution in [0.2, 0.25) is 0 Å². The minimum absolute atomic E-state index is 0.335. The lowest BCUT2D eigenvalue weighted by Gasteiger charge is -2.24. The van der Waals surface area contributed by atoms with E-state index in [9.17, 15) is 8.78 Å². The van der Waals surface area contributed by atoms with E-state index < -0.39 is 11.6 Å². The van der Waals surface area contributed by atoms with E-state index >= 15 is 0 Å². The van der Waals surface area contributed by atoms with E-state index in [-0.39, 0.29) is 0 Å². The number of hydrogen-bond acceptors (Lipinski definition) is 1. The molecule has 0 heterocycles. The molecule has 0 aliphatic rings. The maximum absolute atomic E-state index is 13.6. The van der Waals surface area contributed by atoms with Crippen molar-refractivity contribution < 1.29 is 8.78 Å². The van der Waals surface area contributed by atoms with Gasteiger partial charge in [-0.1, -0.05) is 26.8 Å². The number of benzene rings is 1. The van der Waals surface area contributed by atoms with Crippen molar-refractivity contribution in [2.45, 2.75) is 46.1 Å². The fourth-order valence-electron chi connectivity index (χ4n) is 2.25. The van der Waals surface area contributed by atoms with Gasteiger partial charge in [0, 0.05) is 12.1 Å². The van der Waals surface area contributed by atoms with Gasteiger partial charge in [-0.2, -0.15) is 0 Å². The average Bonchev–Trinajstić information content (AvgIpc) is 2.34. The van der Waals surface area contributed by atoms with Gasteiger partial charge in [-0.3, -0.25) is 0 Å². The number of halogens is 2. The SMILES string of the molecule is CCCNC(CC)C(C)Cc1ccc(F)cc1F. The van der Waals surface area contributed by atoms with E-state index in [1.54, 1.807) is 6.07 Å². The van der Waals surface area contributed by atoms with Crippen LogP contribution in [0.25, 0.3) is 0 Å². The van der Waals surface area contributed by atoms with Gasteiger partial charge >= 0.3 is 0 Å². The second-order valence-electron chi connectivity index (χ2n) is 4.89. The molecule has 2 atom stereocenters. The third kappa shape index (κ3) is 4.37. The number of rotatable bonds is 7. The molecule has 0 bridgehead atoms.